The van der Waals surface area contributed by atoms with Crippen LogP contribution in [0.5, 0.6) is 0 Å². The second kappa shape index (κ2) is 4.18. The Hall–Kier alpha value is -0.880. The Morgan fingerprint density at radius 3 is 2.56 bits per heavy atom. The third kappa shape index (κ3) is 2.27. The molecule has 2 rings (SSSR count). The topological polar surface area (TPSA) is 77.2 Å². The van der Waals surface area contributed by atoms with E-state index in [1.165, 1.54) is 0 Å². The van der Waals surface area contributed by atoms with Crippen molar-refractivity contribution in [3.05, 3.63) is 24.3 Å². The summed E-state index contributed by atoms with van der Waals surface area (Å²) in [5, 5.41) is -0.310. The van der Waals surface area contributed by atoms with Crippen molar-refractivity contribution in [3.63, 3.8) is 0 Å². The van der Waals surface area contributed by atoms with Crippen LogP contribution in [0.3, 0.4) is 0 Å². The van der Waals surface area contributed by atoms with Crippen LogP contribution in [0.1, 0.15) is 6.42 Å². The van der Waals surface area contributed by atoms with Crippen molar-refractivity contribution >= 4 is 26.3 Å². The van der Waals surface area contributed by atoms with Gasteiger partial charge >= 0.3 is 0 Å². The molecule has 1 aliphatic heterocycles. The van der Waals surface area contributed by atoms with Gasteiger partial charge in [-0.3, -0.25) is 4.21 Å². The van der Waals surface area contributed by atoms with E-state index in [4.69, 9.17) is 5.73 Å². The molecule has 0 saturated carbocycles. The first-order valence-corrected chi connectivity index (χ1v) is 7.98. The Morgan fingerprint density at radius 2 is 2.00 bits per heavy atom. The summed E-state index contributed by atoms with van der Waals surface area (Å²) < 4.78 is 34.7. The quantitative estimate of drug-likeness (QED) is 0.787. The Labute approximate surface area is 97.2 Å². The molecule has 0 amide bonds. The van der Waals surface area contributed by atoms with Crippen LogP contribution in [0.15, 0.2) is 29.2 Å². The summed E-state index contributed by atoms with van der Waals surface area (Å²) in [6, 6.07) is 6.89. The summed E-state index contributed by atoms with van der Waals surface area (Å²) in [4.78, 5) is 0.546. The molecule has 0 spiro atoms. The van der Waals surface area contributed by atoms with Gasteiger partial charge < -0.3 is 5.73 Å². The fourth-order valence-electron chi connectivity index (χ4n) is 1.77. The monoisotopic (exact) mass is 259 g/mol. The highest BCUT2D eigenvalue weighted by Gasteiger charge is 2.33. The molecule has 1 heterocycles. The number of hydrogen-bond acceptors (Lipinski definition) is 4. The van der Waals surface area contributed by atoms with Gasteiger partial charge in [-0.1, -0.05) is 12.1 Å². The molecule has 0 radical (unpaired) electrons. The van der Waals surface area contributed by atoms with E-state index in [0.717, 1.165) is 0 Å². The summed E-state index contributed by atoms with van der Waals surface area (Å²) in [6.07, 6.45) is 0.462. The van der Waals surface area contributed by atoms with Crippen LogP contribution >= 0.6 is 0 Å². The van der Waals surface area contributed by atoms with Crippen molar-refractivity contribution in [1.82, 2.24) is 0 Å². The lowest BCUT2D eigenvalue weighted by Gasteiger charge is -2.09. The molecule has 1 fully saturated rings. The van der Waals surface area contributed by atoms with Crippen molar-refractivity contribution in [2.75, 3.05) is 17.2 Å². The van der Waals surface area contributed by atoms with Gasteiger partial charge in [0.05, 0.1) is 32.5 Å². The molecule has 1 aliphatic rings. The third-order valence-corrected chi connectivity index (χ3v) is 6.42. The molecule has 16 heavy (non-hydrogen) atoms. The van der Waals surface area contributed by atoms with Crippen molar-refractivity contribution in [1.29, 1.82) is 0 Å². The number of para-hydroxylation sites is 1. The molecule has 1 aromatic rings. The van der Waals surface area contributed by atoms with Crippen LogP contribution in [0.25, 0.3) is 0 Å². The number of hydrogen-bond donors (Lipinski definition) is 1. The minimum Gasteiger partial charge on any atom is -0.398 e. The van der Waals surface area contributed by atoms with Gasteiger partial charge in [-0.25, -0.2) is 8.42 Å². The fourth-order valence-corrected chi connectivity index (χ4v) is 5.79. The molecule has 1 saturated heterocycles. The second-order valence-corrected chi connectivity index (χ2v) is 7.79. The van der Waals surface area contributed by atoms with Crippen molar-refractivity contribution in [3.8, 4) is 0 Å². The molecule has 1 aromatic carbocycles. The number of rotatable bonds is 2. The van der Waals surface area contributed by atoms with E-state index < -0.39 is 20.6 Å². The van der Waals surface area contributed by atoms with E-state index in [9.17, 15) is 12.6 Å². The molecular weight excluding hydrogens is 246 g/mol. The molecule has 2 N–H and O–H groups in total. The van der Waals surface area contributed by atoms with Crippen LogP contribution in [-0.2, 0) is 20.6 Å². The molecule has 2 unspecified atom stereocenters. The Balaban J connectivity index is 2.25. The molecule has 0 aliphatic carbocycles. The minimum atomic E-state index is -3.00. The maximum absolute atomic E-state index is 12.1. The SMILES string of the molecule is Nc1ccccc1S(=O)C1CCS(=O)(=O)C1. The fraction of sp³-hybridized carbons (Fsp3) is 0.400. The number of sulfone groups is 1. The number of nitrogens with two attached hydrogens (primary N) is 1. The van der Waals surface area contributed by atoms with Crippen LogP contribution < -0.4 is 5.73 Å². The molecule has 4 nitrogen and oxygen atoms in total. The van der Waals surface area contributed by atoms with Crippen molar-refractivity contribution in [2.24, 2.45) is 0 Å². The predicted molar refractivity (Wildman–Crippen MR) is 64.3 cm³/mol. The summed E-state index contributed by atoms with van der Waals surface area (Å²) in [7, 11) is -4.32. The summed E-state index contributed by atoms with van der Waals surface area (Å²) in [6.45, 7) is 0. The van der Waals surface area contributed by atoms with Gasteiger partial charge in [0, 0.05) is 5.69 Å². The van der Waals surface area contributed by atoms with E-state index in [-0.39, 0.29) is 16.8 Å². The molecular formula is C10H13NO3S2. The number of benzene rings is 1. The predicted octanol–water partition coefficient (Wildman–Crippen LogP) is 0.564. The normalized spacial score (nSPS) is 25.4. The van der Waals surface area contributed by atoms with E-state index in [1.54, 1.807) is 24.3 Å². The summed E-state index contributed by atoms with van der Waals surface area (Å²) in [5.41, 5.74) is 6.18. The minimum absolute atomic E-state index is 0.00788. The summed E-state index contributed by atoms with van der Waals surface area (Å²) >= 11 is 0. The van der Waals surface area contributed by atoms with Crippen molar-refractivity contribution in [2.45, 2.75) is 16.6 Å². The lowest BCUT2D eigenvalue weighted by atomic mass is 10.3. The van der Waals surface area contributed by atoms with Crippen LogP contribution in [0.2, 0.25) is 0 Å². The first-order chi connectivity index (χ1) is 7.49. The Kier molecular flexibility index (Phi) is 3.03. The highest BCUT2D eigenvalue weighted by Crippen LogP contribution is 2.25. The maximum atomic E-state index is 12.1. The lowest BCUT2D eigenvalue weighted by Crippen LogP contribution is -2.17. The van der Waals surface area contributed by atoms with Gasteiger partial charge in [0.25, 0.3) is 0 Å². The standard InChI is InChI=1S/C10H13NO3S2/c11-9-3-1-2-4-10(9)15(12)8-5-6-16(13,14)7-8/h1-4,8H,5-7,11H2. The molecule has 2 atom stereocenters. The molecule has 88 valence electrons. The zero-order valence-corrected chi connectivity index (χ0v) is 10.3. The average molecular weight is 259 g/mol. The lowest BCUT2D eigenvalue weighted by molar-refractivity contribution is 0.602. The van der Waals surface area contributed by atoms with E-state index in [1.807, 2.05) is 0 Å². The highest BCUT2D eigenvalue weighted by atomic mass is 32.2. The van der Waals surface area contributed by atoms with Crippen LogP contribution in [0, 0.1) is 0 Å². The van der Waals surface area contributed by atoms with Crippen LogP contribution in [0.4, 0.5) is 5.69 Å². The van der Waals surface area contributed by atoms with Gasteiger partial charge in [0.1, 0.15) is 0 Å². The van der Waals surface area contributed by atoms with Gasteiger partial charge in [-0.05, 0) is 18.6 Å². The zero-order valence-electron chi connectivity index (χ0n) is 8.63. The first kappa shape index (κ1) is 11.6. The Bertz CT molecular complexity index is 525. The second-order valence-electron chi connectivity index (χ2n) is 3.86. The number of anilines is 1. The van der Waals surface area contributed by atoms with Gasteiger partial charge in [0.15, 0.2) is 9.84 Å². The smallest absolute Gasteiger partial charge is 0.151 e. The van der Waals surface area contributed by atoms with Crippen LogP contribution in [-0.4, -0.2) is 29.4 Å². The largest absolute Gasteiger partial charge is 0.398 e. The number of nitrogen functional groups attached to an aromatic ring is 1. The van der Waals surface area contributed by atoms with E-state index in [0.29, 0.717) is 17.0 Å². The summed E-state index contributed by atoms with van der Waals surface area (Å²) in [5.74, 6) is 0.143. The average Bonchev–Trinajstić information content (AvgIpc) is 2.59. The van der Waals surface area contributed by atoms with E-state index in [2.05, 4.69) is 0 Å². The first-order valence-electron chi connectivity index (χ1n) is 4.95. The third-order valence-electron chi connectivity index (χ3n) is 2.63. The van der Waals surface area contributed by atoms with Crippen molar-refractivity contribution < 1.29 is 12.6 Å². The van der Waals surface area contributed by atoms with Gasteiger partial charge in [0.2, 0.25) is 0 Å². The van der Waals surface area contributed by atoms with Gasteiger partial charge in [-0.15, -0.1) is 0 Å². The molecule has 0 aromatic heterocycles. The van der Waals surface area contributed by atoms with E-state index >= 15 is 0 Å². The van der Waals surface area contributed by atoms with Gasteiger partial charge in [-0.2, -0.15) is 0 Å². The molecule has 0 bridgehead atoms. The molecule has 6 heteroatoms. The highest BCUT2D eigenvalue weighted by molar-refractivity contribution is 7.94. The Morgan fingerprint density at radius 1 is 1.31 bits per heavy atom. The maximum Gasteiger partial charge on any atom is 0.151 e. The zero-order chi connectivity index (χ0) is 11.8.